The van der Waals surface area contributed by atoms with Gasteiger partial charge in [-0.15, -0.1) is 0 Å². The number of carboxylic acid groups (broad SMARTS) is 3. The molecule has 1 aliphatic rings. The molecule has 0 saturated carbocycles. The number of carbonyl (C=O) groups is 6. The number of hydrogen-bond donors (Lipinski definition) is 6. The molecule has 1 fully saturated rings. The molecule has 3 aromatic rings. The highest BCUT2D eigenvalue weighted by Gasteiger charge is 2.30. The van der Waals surface area contributed by atoms with Gasteiger partial charge in [0.2, 0.25) is 0 Å². The number of benzene rings is 3. The van der Waals surface area contributed by atoms with E-state index in [0.29, 0.717) is 0 Å². The van der Waals surface area contributed by atoms with Crippen LogP contribution in [0.15, 0.2) is 36.4 Å². The summed E-state index contributed by atoms with van der Waals surface area (Å²) in [5.74, 6) is -7.67. The summed E-state index contributed by atoms with van der Waals surface area (Å²) >= 11 is 0. The molecule has 0 atom stereocenters. The monoisotopic (exact) mass is 663 g/mol. The van der Waals surface area contributed by atoms with Crippen LogP contribution in [0.5, 0.6) is 17.2 Å². The highest BCUT2D eigenvalue weighted by atomic mass is 16.4. The van der Waals surface area contributed by atoms with Gasteiger partial charge < -0.3 is 45.3 Å². The van der Waals surface area contributed by atoms with Crippen molar-refractivity contribution in [2.45, 2.75) is 20.8 Å². The highest BCUT2D eigenvalue weighted by Crippen LogP contribution is 2.27. The number of hydrogen-bond acceptors (Lipinski definition) is 9. The smallest absolute Gasteiger partial charge is 0.336 e. The summed E-state index contributed by atoms with van der Waals surface area (Å²) in [7, 11) is 0. The van der Waals surface area contributed by atoms with Gasteiger partial charge in [-0.2, -0.15) is 0 Å². The second-order valence-corrected chi connectivity index (χ2v) is 11.3. The van der Waals surface area contributed by atoms with E-state index < -0.39 is 52.9 Å². The Hall–Kier alpha value is -6.12. The molecule has 0 aromatic heterocycles. The Bertz CT molecular complexity index is 1640. The van der Waals surface area contributed by atoms with Crippen molar-refractivity contribution >= 4 is 35.6 Å². The van der Waals surface area contributed by atoms with Crippen molar-refractivity contribution in [2.24, 2.45) is 0 Å². The van der Waals surface area contributed by atoms with E-state index in [0.717, 1.165) is 36.4 Å². The SMILES string of the molecule is Cc1c(C(=O)O)cc(O)cc1C(=O)N1CCN(C(=O)c2cc(O)cc(C(=O)O)c2C)CCN(C(=O)c2cc(O)cc(C(=O)O)c2C)CC1. The zero-order chi connectivity index (χ0) is 35.6. The van der Waals surface area contributed by atoms with E-state index in [1.54, 1.807) is 0 Å². The van der Waals surface area contributed by atoms with Crippen molar-refractivity contribution in [1.29, 1.82) is 0 Å². The van der Waals surface area contributed by atoms with Gasteiger partial charge >= 0.3 is 17.9 Å². The van der Waals surface area contributed by atoms with Crippen molar-refractivity contribution in [2.75, 3.05) is 39.3 Å². The minimum Gasteiger partial charge on any atom is -0.508 e. The average Bonchev–Trinajstić information content (AvgIpc) is 3.13. The van der Waals surface area contributed by atoms with Crippen LogP contribution in [0.4, 0.5) is 0 Å². The topological polar surface area (TPSA) is 234 Å². The Morgan fingerprint density at radius 2 is 0.604 bits per heavy atom. The molecular formula is C33H33N3O12. The lowest BCUT2D eigenvalue weighted by atomic mass is 10.00. The minimum atomic E-state index is -1.38. The second-order valence-electron chi connectivity index (χ2n) is 11.3. The van der Waals surface area contributed by atoms with Crippen LogP contribution in [-0.2, 0) is 0 Å². The molecule has 1 saturated heterocycles. The first-order valence-corrected chi connectivity index (χ1v) is 14.6. The van der Waals surface area contributed by atoms with Crippen molar-refractivity contribution in [3.63, 3.8) is 0 Å². The van der Waals surface area contributed by atoms with Gasteiger partial charge in [0.1, 0.15) is 17.2 Å². The number of carbonyl (C=O) groups excluding carboxylic acids is 3. The number of aromatic carboxylic acids is 3. The van der Waals surface area contributed by atoms with Crippen LogP contribution >= 0.6 is 0 Å². The number of phenolic OH excluding ortho intramolecular Hbond substituents is 3. The van der Waals surface area contributed by atoms with Crippen LogP contribution < -0.4 is 0 Å². The molecule has 0 spiro atoms. The summed E-state index contributed by atoms with van der Waals surface area (Å²) in [5, 5.41) is 59.4. The van der Waals surface area contributed by atoms with Gasteiger partial charge in [-0.25, -0.2) is 14.4 Å². The van der Waals surface area contributed by atoms with E-state index in [1.165, 1.54) is 35.5 Å². The molecule has 0 unspecified atom stereocenters. The van der Waals surface area contributed by atoms with E-state index in [-0.39, 0.29) is 89.3 Å². The maximum Gasteiger partial charge on any atom is 0.336 e. The van der Waals surface area contributed by atoms with E-state index in [2.05, 4.69) is 0 Å². The lowest BCUT2D eigenvalue weighted by Gasteiger charge is -2.27. The Balaban J connectivity index is 1.78. The summed E-state index contributed by atoms with van der Waals surface area (Å²) < 4.78 is 0. The predicted octanol–water partition coefficient (Wildman–Crippen LogP) is 2.56. The maximum absolute atomic E-state index is 13.9. The van der Waals surface area contributed by atoms with Gasteiger partial charge in [0.15, 0.2) is 0 Å². The fraction of sp³-hybridized carbons (Fsp3) is 0.273. The van der Waals surface area contributed by atoms with Gasteiger partial charge in [0.25, 0.3) is 17.7 Å². The number of amides is 3. The molecule has 15 nitrogen and oxygen atoms in total. The molecule has 252 valence electrons. The van der Waals surface area contributed by atoms with E-state index in [4.69, 9.17) is 0 Å². The third-order valence-electron chi connectivity index (χ3n) is 8.34. The fourth-order valence-electron chi connectivity index (χ4n) is 5.61. The summed E-state index contributed by atoms with van der Waals surface area (Å²) in [6, 6.07) is 6.32. The van der Waals surface area contributed by atoms with Gasteiger partial charge in [0, 0.05) is 56.0 Å². The Morgan fingerprint density at radius 1 is 0.417 bits per heavy atom. The molecule has 4 rings (SSSR count). The zero-order valence-corrected chi connectivity index (χ0v) is 26.2. The quantitative estimate of drug-likeness (QED) is 0.223. The number of carboxylic acids is 3. The first kappa shape index (κ1) is 34.7. The van der Waals surface area contributed by atoms with Crippen molar-refractivity contribution in [1.82, 2.24) is 14.7 Å². The van der Waals surface area contributed by atoms with Crippen LogP contribution in [0.1, 0.15) is 78.8 Å². The Labute approximate surface area is 273 Å². The lowest BCUT2D eigenvalue weighted by Crippen LogP contribution is -2.42. The Morgan fingerprint density at radius 3 is 0.792 bits per heavy atom. The zero-order valence-electron chi connectivity index (χ0n) is 26.2. The molecule has 1 aliphatic heterocycles. The average molecular weight is 664 g/mol. The van der Waals surface area contributed by atoms with Crippen molar-refractivity contribution in [3.8, 4) is 17.2 Å². The maximum atomic E-state index is 13.9. The second kappa shape index (κ2) is 13.7. The predicted molar refractivity (Wildman–Crippen MR) is 167 cm³/mol. The van der Waals surface area contributed by atoms with Crippen LogP contribution in [0.2, 0.25) is 0 Å². The largest absolute Gasteiger partial charge is 0.508 e. The summed E-state index contributed by atoms with van der Waals surface area (Å²) in [4.78, 5) is 80.7. The molecule has 0 bridgehead atoms. The van der Waals surface area contributed by atoms with E-state index in [1.807, 2.05) is 0 Å². The lowest BCUT2D eigenvalue weighted by molar-refractivity contribution is 0.0670. The van der Waals surface area contributed by atoms with Gasteiger partial charge in [-0.05, 0) is 73.9 Å². The van der Waals surface area contributed by atoms with E-state index >= 15 is 0 Å². The number of phenols is 3. The molecule has 1 heterocycles. The van der Waals surface area contributed by atoms with Gasteiger partial charge in [0.05, 0.1) is 16.7 Å². The highest BCUT2D eigenvalue weighted by molar-refractivity contribution is 6.03. The normalized spacial score (nSPS) is 13.7. The molecule has 3 aromatic carbocycles. The summed E-state index contributed by atoms with van der Waals surface area (Å²) in [6.45, 7) is 3.37. The standard InChI is InChI=1S/C33H33N3O12/c1-16-22(10-19(37)13-25(16)31(43)44)28(40)34-4-6-35(29(41)23-11-20(38)14-26(17(23)2)32(45)46)8-9-36(7-5-34)30(42)24-12-21(39)15-27(18(24)3)33(47)48/h10-15,37-39H,4-9H2,1-3H3,(H,43,44)(H,45,46)(H,47,48). The number of aromatic hydroxyl groups is 3. The third kappa shape index (κ3) is 6.99. The van der Waals surface area contributed by atoms with Crippen molar-refractivity contribution in [3.05, 3.63) is 86.5 Å². The van der Waals surface area contributed by atoms with Gasteiger partial charge in [-0.1, -0.05) is 0 Å². The molecule has 3 amide bonds. The fourth-order valence-corrected chi connectivity index (χ4v) is 5.61. The first-order valence-electron chi connectivity index (χ1n) is 14.6. The minimum absolute atomic E-state index is 0.0687. The number of rotatable bonds is 6. The third-order valence-corrected chi connectivity index (χ3v) is 8.34. The van der Waals surface area contributed by atoms with Crippen molar-refractivity contribution < 1.29 is 59.4 Å². The van der Waals surface area contributed by atoms with Gasteiger partial charge in [-0.3, -0.25) is 14.4 Å². The molecular weight excluding hydrogens is 630 g/mol. The first-order chi connectivity index (χ1) is 22.5. The number of nitrogens with zero attached hydrogens (tertiary/aromatic N) is 3. The van der Waals surface area contributed by atoms with Crippen LogP contribution in [0.25, 0.3) is 0 Å². The molecule has 0 aliphatic carbocycles. The summed E-state index contributed by atoms with van der Waals surface area (Å²) in [6.07, 6.45) is 0. The molecule has 15 heteroatoms. The van der Waals surface area contributed by atoms with Crippen LogP contribution in [-0.4, -0.2) is 120 Å². The van der Waals surface area contributed by atoms with Crippen LogP contribution in [0, 0.1) is 20.8 Å². The molecule has 48 heavy (non-hydrogen) atoms. The molecule has 6 N–H and O–H groups in total. The molecule has 0 radical (unpaired) electrons. The van der Waals surface area contributed by atoms with E-state index in [9.17, 15) is 59.4 Å². The summed E-state index contributed by atoms with van der Waals surface area (Å²) in [5.41, 5.74) is -1.11. The van der Waals surface area contributed by atoms with Crippen LogP contribution in [0.3, 0.4) is 0 Å². The Kier molecular flexibility index (Phi) is 9.92.